The summed E-state index contributed by atoms with van der Waals surface area (Å²) in [6, 6.07) is 1.90. The van der Waals surface area contributed by atoms with Gasteiger partial charge >= 0.3 is 0 Å². The van der Waals surface area contributed by atoms with Gasteiger partial charge in [-0.15, -0.1) is 0 Å². The van der Waals surface area contributed by atoms with Gasteiger partial charge in [-0.25, -0.2) is 0 Å². The summed E-state index contributed by atoms with van der Waals surface area (Å²) in [5, 5.41) is 9.98. The second-order valence-corrected chi connectivity index (χ2v) is 7.09. The lowest BCUT2D eigenvalue weighted by atomic mass is 9.88. The second-order valence-electron chi connectivity index (χ2n) is 7.09. The lowest BCUT2D eigenvalue weighted by Gasteiger charge is -2.19. The predicted molar refractivity (Wildman–Crippen MR) is 87.2 cm³/mol. The number of hydrogen-bond donors (Lipinski definition) is 3. The average molecular weight is 294 g/mol. The van der Waals surface area contributed by atoms with Crippen LogP contribution in [0.4, 0.5) is 5.82 Å². The molecule has 0 aromatic carbocycles. The highest BCUT2D eigenvalue weighted by Crippen LogP contribution is 2.23. The van der Waals surface area contributed by atoms with Crippen LogP contribution < -0.4 is 11.1 Å². The summed E-state index contributed by atoms with van der Waals surface area (Å²) in [5.74, 6) is 1.68. The molecule has 0 bridgehead atoms. The van der Waals surface area contributed by atoms with Crippen molar-refractivity contribution in [2.45, 2.75) is 59.3 Å². The molecule has 21 heavy (non-hydrogen) atoms. The van der Waals surface area contributed by atoms with Gasteiger partial charge in [-0.2, -0.15) is 5.10 Å². The summed E-state index contributed by atoms with van der Waals surface area (Å²) in [4.78, 5) is 12.0. The van der Waals surface area contributed by atoms with Gasteiger partial charge in [0.25, 0.3) is 0 Å². The molecule has 0 radical (unpaired) electrons. The van der Waals surface area contributed by atoms with Crippen molar-refractivity contribution in [1.29, 1.82) is 0 Å². The Morgan fingerprint density at radius 3 is 2.52 bits per heavy atom. The maximum atomic E-state index is 12.0. The number of amides is 1. The van der Waals surface area contributed by atoms with E-state index in [-0.39, 0.29) is 11.3 Å². The summed E-state index contributed by atoms with van der Waals surface area (Å²) in [5.41, 5.74) is 6.64. The number of rotatable bonds is 7. The first-order valence-electron chi connectivity index (χ1n) is 7.80. The topological polar surface area (TPSA) is 83.8 Å². The Labute approximate surface area is 128 Å². The number of carbonyl (C=O) groups is 1. The molecule has 120 valence electrons. The fourth-order valence-electron chi connectivity index (χ4n) is 2.32. The number of carbonyl (C=O) groups excluding carboxylic acids is 1. The van der Waals surface area contributed by atoms with Crippen LogP contribution in [0.5, 0.6) is 0 Å². The Morgan fingerprint density at radius 2 is 2.05 bits per heavy atom. The van der Waals surface area contributed by atoms with Crippen molar-refractivity contribution in [1.82, 2.24) is 10.2 Å². The van der Waals surface area contributed by atoms with E-state index < -0.39 is 0 Å². The number of nitrogens with two attached hydrogens (primary N) is 1. The van der Waals surface area contributed by atoms with Crippen molar-refractivity contribution in [3.63, 3.8) is 0 Å². The number of hydrogen-bond acceptors (Lipinski definition) is 3. The SMILES string of the molecule is CC(C)C(CCN)CCC(=O)Nc1cc(C(C)(C)C)[nH]n1. The summed E-state index contributed by atoms with van der Waals surface area (Å²) in [6.07, 6.45) is 2.36. The third-order valence-corrected chi connectivity index (χ3v) is 3.88. The quantitative estimate of drug-likeness (QED) is 0.722. The van der Waals surface area contributed by atoms with E-state index in [1.807, 2.05) is 6.07 Å². The van der Waals surface area contributed by atoms with Gasteiger partial charge in [-0.05, 0) is 31.2 Å². The summed E-state index contributed by atoms with van der Waals surface area (Å²) < 4.78 is 0. The number of nitrogens with one attached hydrogen (secondary N) is 2. The highest BCUT2D eigenvalue weighted by molar-refractivity contribution is 5.89. The van der Waals surface area contributed by atoms with Crippen LogP contribution in [0, 0.1) is 11.8 Å². The number of aromatic amines is 1. The molecule has 1 aromatic rings. The molecule has 0 saturated carbocycles. The van der Waals surface area contributed by atoms with E-state index in [9.17, 15) is 4.79 Å². The van der Waals surface area contributed by atoms with E-state index in [0.29, 0.717) is 30.6 Å². The molecular formula is C16H30N4O. The number of aromatic nitrogens is 2. The zero-order chi connectivity index (χ0) is 16.0. The van der Waals surface area contributed by atoms with E-state index >= 15 is 0 Å². The van der Waals surface area contributed by atoms with Gasteiger partial charge in [0.1, 0.15) is 0 Å². The van der Waals surface area contributed by atoms with E-state index in [0.717, 1.165) is 18.5 Å². The molecule has 0 fully saturated rings. The van der Waals surface area contributed by atoms with Gasteiger partial charge < -0.3 is 11.1 Å². The second kappa shape index (κ2) is 7.59. The third kappa shape index (κ3) is 5.87. The minimum atomic E-state index is -0.000157. The van der Waals surface area contributed by atoms with Gasteiger partial charge in [0.2, 0.25) is 5.91 Å². The molecule has 1 amide bonds. The van der Waals surface area contributed by atoms with Crippen LogP contribution in [-0.2, 0) is 10.2 Å². The zero-order valence-electron chi connectivity index (χ0n) is 14.0. The molecule has 1 heterocycles. The number of anilines is 1. The van der Waals surface area contributed by atoms with Crippen molar-refractivity contribution < 1.29 is 4.79 Å². The molecule has 1 rings (SSSR count). The molecule has 0 spiro atoms. The summed E-state index contributed by atoms with van der Waals surface area (Å²) >= 11 is 0. The van der Waals surface area contributed by atoms with E-state index in [1.54, 1.807) is 0 Å². The van der Waals surface area contributed by atoms with Gasteiger partial charge in [0, 0.05) is 23.6 Å². The zero-order valence-corrected chi connectivity index (χ0v) is 14.0. The van der Waals surface area contributed by atoms with Gasteiger partial charge in [0.15, 0.2) is 5.82 Å². The standard InChI is InChI=1S/C16H30N4O/c1-11(2)12(8-9-17)6-7-15(21)18-14-10-13(19-20-14)16(3,4)5/h10-12H,6-9,17H2,1-5H3,(H2,18,19,20,21). The van der Waals surface area contributed by atoms with Crippen LogP contribution in [-0.4, -0.2) is 22.6 Å². The minimum absolute atomic E-state index is 0.000157. The largest absolute Gasteiger partial charge is 0.330 e. The third-order valence-electron chi connectivity index (χ3n) is 3.88. The van der Waals surface area contributed by atoms with Crippen molar-refractivity contribution >= 4 is 11.7 Å². The Balaban J connectivity index is 2.48. The molecule has 0 aliphatic heterocycles. The van der Waals surface area contributed by atoms with E-state index in [4.69, 9.17) is 5.73 Å². The average Bonchev–Trinajstić information content (AvgIpc) is 2.82. The van der Waals surface area contributed by atoms with E-state index in [1.165, 1.54) is 0 Å². The molecule has 5 nitrogen and oxygen atoms in total. The smallest absolute Gasteiger partial charge is 0.225 e. The Hall–Kier alpha value is -1.36. The van der Waals surface area contributed by atoms with Crippen molar-refractivity contribution in [2.75, 3.05) is 11.9 Å². The monoisotopic (exact) mass is 294 g/mol. The molecule has 4 N–H and O–H groups in total. The fraction of sp³-hybridized carbons (Fsp3) is 0.750. The first kappa shape index (κ1) is 17.7. The first-order valence-corrected chi connectivity index (χ1v) is 7.80. The van der Waals surface area contributed by atoms with Crippen LogP contribution >= 0.6 is 0 Å². The van der Waals surface area contributed by atoms with Crippen LogP contribution in [0.2, 0.25) is 0 Å². The summed E-state index contributed by atoms with van der Waals surface area (Å²) in [7, 11) is 0. The lowest BCUT2D eigenvalue weighted by Crippen LogP contribution is -2.18. The number of nitrogens with zero attached hydrogens (tertiary/aromatic N) is 1. The normalized spacial score (nSPS) is 13.5. The fourth-order valence-corrected chi connectivity index (χ4v) is 2.32. The Kier molecular flexibility index (Phi) is 6.40. The molecule has 0 aliphatic rings. The van der Waals surface area contributed by atoms with Gasteiger partial charge in [-0.1, -0.05) is 34.6 Å². The molecule has 1 atom stereocenters. The first-order chi connectivity index (χ1) is 9.74. The molecular weight excluding hydrogens is 264 g/mol. The Bertz CT molecular complexity index is 445. The van der Waals surface area contributed by atoms with Crippen molar-refractivity contribution in [2.24, 2.45) is 17.6 Å². The van der Waals surface area contributed by atoms with Crippen LogP contribution in [0.3, 0.4) is 0 Å². The molecule has 0 aliphatic carbocycles. The van der Waals surface area contributed by atoms with Crippen LogP contribution in [0.1, 0.15) is 59.6 Å². The molecule has 1 aromatic heterocycles. The van der Waals surface area contributed by atoms with Crippen LogP contribution in [0.15, 0.2) is 6.07 Å². The maximum Gasteiger partial charge on any atom is 0.225 e. The molecule has 1 unspecified atom stereocenters. The highest BCUT2D eigenvalue weighted by atomic mass is 16.1. The number of H-pyrrole nitrogens is 1. The lowest BCUT2D eigenvalue weighted by molar-refractivity contribution is -0.116. The maximum absolute atomic E-state index is 12.0. The molecule has 5 heteroatoms. The summed E-state index contributed by atoms with van der Waals surface area (Å²) in [6.45, 7) is 11.4. The van der Waals surface area contributed by atoms with Crippen LogP contribution in [0.25, 0.3) is 0 Å². The minimum Gasteiger partial charge on any atom is -0.330 e. The molecule has 0 saturated heterocycles. The predicted octanol–water partition coefficient (Wildman–Crippen LogP) is 3.05. The highest BCUT2D eigenvalue weighted by Gasteiger charge is 2.18. The van der Waals surface area contributed by atoms with E-state index in [2.05, 4.69) is 50.1 Å². The van der Waals surface area contributed by atoms with Crippen molar-refractivity contribution in [3.05, 3.63) is 11.8 Å². The Morgan fingerprint density at radius 1 is 1.38 bits per heavy atom. The van der Waals surface area contributed by atoms with Gasteiger partial charge in [0.05, 0.1) is 0 Å². The van der Waals surface area contributed by atoms with Gasteiger partial charge in [-0.3, -0.25) is 9.89 Å². The van der Waals surface area contributed by atoms with Crippen molar-refractivity contribution in [3.8, 4) is 0 Å².